The molecule has 0 radical (unpaired) electrons. The van der Waals surface area contributed by atoms with E-state index < -0.39 is 21.7 Å². The molecule has 1 aromatic carbocycles. The Balaban J connectivity index is 1.88. The predicted molar refractivity (Wildman–Crippen MR) is 124 cm³/mol. The maximum absolute atomic E-state index is 12.6. The second-order valence-electron chi connectivity index (χ2n) is 8.88. The Bertz CT molecular complexity index is 942. The highest BCUT2D eigenvalue weighted by Crippen LogP contribution is 2.16. The van der Waals surface area contributed by atoms with E-state index in [0.29, 0.717) is 18.7 Å². The number of benzene rings is 1. The van der Waals surface area contributed by atoms with Crippen molar-refractivity contribution in [2.75, 3.05) is 31.5 Å². The van der Waals surface area contributed by atoms with Crippen molar-refractivity contribution >= 4 is 33.6 Å². The third kappa shape index (κ3) is 9.79. The first-order valence-electron chi connectivity index (χ1n) is 11.1. The third-order valence-corrected chi connectivity index (χ3v) is 6.23. The summed E-state index contributed by atoms with van der Waals surface area (Å²) >= 11 is 0. The lowest BCUT2D eigenvalue weighted by Crippen LogP contribution is -2.39. The summed E-state index contributed by atoms with van der Waals surface area (Å²) in [5.74, 6) is -0.418. The minimum atomic E-state index is -3.85. The second kappa shape index (κ2) is 12.0. The summed E-state index contributed by atoms with van der Waals surface area (Å²) in [7, 11) is -3.85. The van der Waals surface area contributed by atoms with Crippen LogP contribution in [0.3, 0.4) is 0 Å². The average molecular weight is 483 g/mol. The molecular formula is C22H34N4O6S. The van der Waals surface area contributed by atoms with E-state index in [9.17, 15) is 22.8 Å². The normalized spacial score (nSPS) is 15.4. The number of sulfonamides is 1. The fraction of sp³-hybridized carbons (Fsp3) is 0.591. The Morgan fingerprint density at radius 1 is 1.09 bits per heavy atom. The molecule has 3 amide bonds. The molecule has 11 heteroatoms. The monoisotopic (exact) mass is 482 g/mol. The van der Waals surface area contributed by atoms with Gasteiger partial charge in [-0.15, -0.1) is 0 Å². The molecule has 10 nitrogen and oxygen atoms in total. The highest BCUT2D eigenvalue weighted by molar-refractivity contribution is 7.89. The average Bonchev–Trinajstić information content (AvgIpc) is 2.70. The smallest absolute Gasteiger partial charge is 0.407 e. The van der Waals surface area contributed by atoms with Crippen LogP contribution in [-0.4, -0.2) is 63.0 Å². The van der Waals surface area contributed by atoms with E-state index in [0.717, 1.165) is 25.7 Å². The summed E-state index contributed by atoms with van der Waals surface area (Å²) in [4.78, 5) is 37.8. The summed E-state index contributed by atoms with van der Waals surface area (Å²) in [5, 5.41) is 5.14. The Morgan fingerprint density at radius 2 is 1.82 bits per heavy atom. The van der Waals surface area contributed by atoms with Gasteiger partial charge in [0.1, 0.15) is 5.60 Å². The number of nitrogens with zero attached hydrogens (tertiary/aromatic N) is 1. The third-order valence-electron chi connectivity index (χ3n) is 4.77. The van der Waals surface area contributed by atoms with Gasteiger partial charge in [-0.1, -0.05) is 18.9 Å². The summed E-state index contributed by atoms with van der Waals surface area (Å²) in [5.41, 5.74) is -0.330. The molecule has 184 valence electrons. The van der Waals surface area contributed by atoms with Crippen LogP contribution in [0.2, 0.25) is 0 Å². The molecule has 1 aromatic rings. The molecule has 0 aliphatic carbocycles. The van der Waals surface area contributed by atoms with E-state index in [1.165, 1.54) is 18.2 Å². The number of likely N-dealkylation sites (tertiary alicyclic amines) is 1. The van der Waals surface area contributed by atoms with Crippen LogP contribution in [0.4, 0.5) is 10.5 Å². The highest BCUT2D eigenvalue weighted by atomic mass is 32.2. The zero-order valence-corrected chi connectivity index (χ0v) is 20.3. The number of amides is 3. The molecule has 0 atom stereocenters. The molecular weight excluding hydrogens is 448 g/mol. The van der Waals surface area contributed by atoms with Crippen LogP contribution in [0.1, 0.15) is 52.9 Å². The quantitative estimate of drug-likeness (QED) is 0.487. The van der Waals surface area contributed by atoms with Gasteiger partial charge >= 0.3 is 6.09 Å². The number of hydrogen-bond donors (Lipinski definition) is 3. The van der Waals surface area contributed by atoms with Crippen molar-refractivity contribution in [1.29, 1.82) is 0 Å². The minimum Gasteiger partial charge on any atom is -0.444 e. The van der Waals surface area contributed by atoms with Gasteiger partial charge in [0.2, 0.25) is 21.8 Å². The molecule has 33 heavy (non-hydrogen) atoms. The van der Waals surface area contributed by atoms with Gasteiger partial charge in [-0.3, -0.25) is 9.59 Å². The van der Waals surface area contributed by atoms with E-state index in [1.54, 1.807) is 31.7 Å². The van der Waals surface area contributed by atoms with E-state index in [2.05, 4.69) is 15.4 Å². The Labute approximate surface area is 195 Å². The van der Waals surface area contributed by atoms with E-state index in [-0.39, 0.29) is 36.3 Å². The summed E-state index contributed by atoms with van der Waals surface area (Å²) in [6.07, 6.45) is 3.56. The van der Waals surface area contributed by atoms with Gasteiger partial charge in [0.15, 0.2) is 0 Å². The highest BCUT2D eigenvalue weighted by Gasteiger charge is 2.20. The van der Waals surface area contributed by atoms with Gasteiger partial charge in [0.25, 0.3) is 0 Å². The number of carbonyl (C=O) groups excluding carboxylic acids is 3. The van der Waals surface area contributed by atoms with Crippen LogP contribution in [0.25, 0.3) is 0 Å². The molecule has 1 aliphatic rings. The summed E-state index contributed by atoms with van der Waals surface area (Å²) < 4.78 is 32.6. The van der Waals surface area contributed by atoms with Crippen LogP contribution in [-0.2, 0) is 24.3 Å². The fourth-order valence-electron chi connectivity index (χ4n) is 3.24. The van der Waals surface area contributed by atoms with Gasteiger partial charge < -0.3 is 20.3 Å². The van der Waals surface area contributed by atoms with Crippen LogP contribution in [0.5, 0.6) is 0 Å². The zero-order chi connectivity index (χ0) is 24.5. The van der Waals surface area contributed by atoms with Crippen molar-refractivity contribution in [3.05, 3.63) is 24.3 Å². The fourth-order valence-corrected chi connectivity index (χ4v) is 4.32. The Morgan fingerprint density at radius 3 is 2.55 bits per heavy atom. The summed E-state index contributed by atoms with van der Waals surface area (Å²) in [6.45, 7) is 5.69. The van der Waals surface area contributed by atoms with Crippen LogP contribution in [0, 0.1) is 0 Å². The molecule has 0 spiro atoms. The Hall–Kier alpha value is -2.66. The molecule has 3 N–H and O–H groups in total. The molecule has 0 aromatic heterocycles. The number of hydrogen-bond acceptors (Lipinski definition) is 6. The van der Waals surface area contributed by atoms with Crippen LogP contribution >= 0.6 is 0 Å². The van der Waals surface area contributed by atoms with E-state index in [4.69, 9.17) is 4.74 Å². The van der Waals surface area contributed by atoms with Crippen LogP contribution in [0.15, 0.2) is 29.2 Å². The van der Waals surface area contributed by atoms with Crippen molar-refractivity contribution in [3.8, 4) is 0 Å². The zero-order valence-electron chi connectivity index (χ0n) is 19.5. The first-order chi connectivity index (χ1) is 15.5. The maximum Gasteiger partial charge on any atom is 0.407 e. The lowest BCUT2D eigenvalue weighted by atomic mass is 10.1. The predicted octanol–water partition coefficient (Wildman–Crippen LogP) is 2.22. The number of rotatable bonds is 8. The van der Waals surface area contributed by atoms with Crippen molar-refractivity contribution in [3.63, 3.8) is 0 Å². The van der Waals surface area contributed by atoms with Crippen molar-refractivity contribution in [1.82, 2.24) is 14.9 Å². The Kier molecular flexibility index (Phi) is 9.66. The number of anilines is 1. The number of alkyl carbamates (subject to hydrolysis) is 1. The van der Waals surface area contributed by atoms with E-state index >= 15 is 0 Å². The van der Waals surface area contributed by atoms with Crippen molar-refractivity contribution < 1.29 is 27.5 Å². The van der Waals surface area contributed by atoms with Gasteiger partial charge in [-0.25, -0.2) is 17.9 Å². The first-order valence-corrected chi connectivity index (χ1v) is 12.6. The molecule has 1 aliphatic heterocycles. The van der Waals surface area contributed by atoms with E-state index in [1.807, 2.05) is 0 Å². The second-order valence-corrected chi connectivity index (χ2v) is 10.6. The van der Waals surface area contributed by atoms with Gasteiger partial charge in [-0.05, 0) is 51.8 Å². The first kappa shape index (κ1) is 26.6. The van der Waals surface area contributed by atoms with Gasteiger partial charge in [-0.2, -0.15) is 0 Å². The summed E-state index contributed by atoms with van der Waals surface area (Å²) in [6, 6.07) is 5.85. The van der Waals surface area contributed by atoms with Gasteiger partial charge in [0.05, 0.1) is 11.4 Å². The molecule has 0 saturated carbocycles. The lowest BCUT2D eigenvalue weighted by molar-refractivity contribution is -0.135. The minimum absolute atomic E-state index is 0.0279. The molecule has 0 bridgehead atoms. The topological polar surface area (TPSA) is 134 Å². The SMILES string of the molecule is CC(C)(C)OC(=O)NCCNS(=O)(=O)c1cccc(NC(=O)CN2CCCCCCC2=O)c1. The van der Waals surface area contributed by atoms with Gasteiger partial charge in [0, 0.05) is 31.7 Å². The van der Waals surface area contributed by atoms with Crippen molar-refractivity contribution in [2.24, 2.45) is 0 Å². The standard InChI is InChI=1S/C22H34N4O6S/c1-22(2,3)32-21(29)23-12-13-24-33(30,31)18-10-8-9-17(15-18)25-19(27)16-26-14-7-5-4-6-11-20(26)28/h8-10,15,24H,4-7,11-14,16H2,1-3H3,(H,23,29)(H,25,27). The molecule has 1 saturated heterocycles. The number of ether oxygens (including phenoxy) is 1. The number of nitrogens with one attached hydrogen (secondary N) is 3. The van der Waals surface area contributed by atoms with Crippen molar-refractivity contribution in [2.45, 2.75) is 63.4 Å². The largest absolute Gasteiger partial charge is 0.444 e. The lowest BCUT2D eigenvalue weighted by Gasteiger charge is -2.24. The van der Waals surface area contributed by atoms with Crippen LogP contribution < -0.4 is 15.4 Å². The molecule has 1 fully saturated rings. The molecule has 1 heterocycles. The molecule has 0 unspecified atom stereocenters. The molecule has 2 rings (SSSR count). The maximum atomic E-state index is 12.6. The number of carbonyl (C=O) groups is 3.